The molecule has 2 aliphatic heterocycles. The number of hydrogen-bond acceptors (Lipinski definition) is 4. The van der Waals surface area contributed by atoms with Gasteiger partial charge in [-0.15, -0.1) is 0 Å². The molecular weight excluding hydrogens is 356 g/mol. The Labute approximate surface area is 147 Å². The lowest BCUT2D eigenvalue weighted by atomic mass is 10.1. The summed E-state index contributed by atoms with van der Waals surface area (Å²) in [5.41, 5.74) is 1.27. The number of rotatable bonds is 5. The summed E-state index contributed by atoms with van der Waals surface area (Å²) in [4.78, 5) is 4.93. The maximum absolute atomic E-state index is 6.41. The van der Waals surface area contributed by atoms with E-state index in [0.29, 0.717) is 12.1 Å². The highest BCUT2D eigenvalue weighted by Gasteiger charge is 2.27. The molecule has 2 heterocycles. The Morgan fingerprint density at radius 1 is 1.26 bits per heavy atom. The molecule has 3 rings (SSSR count). The zero-order valence-electron chi connectivity index (χ0n) is 14.1. The molecule has 5 heteroatoms. The lowest BCUT2D eigenvalue weighted by Crippen LogP contribution is -2.36. The van der Waals surface area contributed by atoms with Crippen molar-refractivity contribution in [3.63, 3.8) is 0 Å². The van der Waals surface area contributed by atoms with Crippen LogP contribution in [0.25, 0.3) is 0 Å². The molecule has 2 aliphatic rings. The van der Waals surface area contributed by atoms with Crippen molar-refractivity contribution in [1.82, 2.24) is 9.80 Å². The van der Waals surface area contributed by atoms with Crippen LogP contribution in [-0.4, -0.2) is 61.3 Å². The van der Waals surface area contributed by atoms with Crippen molar-refractivity contribution in [3.05, 3.63) is 28.2 Å². The molecule has 0 spiro atoms. The van der Waals surface area contributed by atoms with Gasteiger partial charge in [0.15, 0.2) is 0 Å². The van der Waals surface area contributed by atoms with Gasteiger partial charge in [0.05, 0.1) is 17.7 Å². The van der Waals surface area contributed by atoms with Crippen molar-refractivity contribution >= 4 is 15.9 Å². The molecule has 1 atom stereocenters. The van der Waals surface area contributed by atoms with Crippen LogP contribution >= 0.6 is 15.9 Å². The van der Waals surface area contributed by atoms with Gasteiger partial charge in [-0.3, -0.25) is 9.80 Å². The molecule has 2 saturated heterocycles. The molecule has 0 N–H and O–H groups in total. The zero-order valence-corrected chi connectivity index (χ0v) is 15.7. The van der Waals surface area contributed by atoms with E-state index in [-0.39, 0.29) is 0 Å². The van der Waals surface area contributed by atoms with E-state index in [1.165, 1.54) is 5.56 Å². The van der Waals surface area contributed by atoms with Crippen LogP contribution in [0.1, 0.15) is 25.8 Å². The number of ether oxygens (including phenoxy) is 2. The van der Waals surface area contributed by atoms with Gasteiger partial charge in [-0.1, -0.05) is 12.1 Å². The number of nitrogens with zero attached hydrogens (tertiary/aromatic N) is 2. The van der Waals surface area contributed by atoms with Gasteiger partial charge in [-0.2, -0.15) is 0 Å². The molecule has 0 saturated carbocycles. The number of para-hydroxylation sites is 1. The predicted octanol–water partition coefficient (Wildman–Crippen LogP) is 3.14. The van der Waals surface area contributed by atoms with Gasteiger partial charge in [-0.25, -0.2) is 0 Å². The van der Waals surface area contributed by atoms with Crippen molar-refractivity contribution in [2.24, 2.45) is 0 Å². The number of benzene rings is 1. The molecule has 4 nitrogen and oxygen atoms in total. The fourth-order valence-corrected chi connectivity index (χ4v) is 3.80. The fraction of sp³-hybridized carbons (Fsp3) is 0.667. The maximum Gasteiger partial charge on any atom is 0.138 e. The highest BCUT2D eigenvalue weighted by atomic mass is 79.9. The van der Waals surface area contributed by atoms with Gasteiger partial charge in [0.2, 0.25) is 0 Å². The molecule has 2 fully saturated rings. The molecule has 1 aromatic carbocycles. The Balaban J connectivity index is 1.68. The largest absolute Gasteiger partial charge is 0.488 e. The minimum Gasteiger partial charge on any atom is -0.488 e. The third-order valence-electron chi connectivity index (χ3n) is 4.74. The molecule has 1 aromatic rings. The summed E-state index contributed by atoms with van der Waals surface area (Å²) in [6, 6.07) is 6.95. The van der Waals surface area contributed by atoms with Gasteiger partial charge in [-0.05, 0) is 42.3 Å². The number of halogens is 1. The van der Waals surface area contributed by atoms with Gasteiger partial charge >= 0.3 is 0 Å². The molecular formula is C18H27BrN2O2. The summed E-state index contributed by atoms with van der Waals surface area (Å²) < 4.78 is 12.9. The molecule has 128 valence electrons. The highest BCUT2D eigenvalue weighted by molar-refractivity contribution is 9.10. The monoisotopic (exact) mass is 382 g/mol. The van der Waals surface area contributed by atoms with Crippen LogP contribution in [0.15, 0.2) is 22.7 Å². The number of likely N-dealkylation sites (tertiary alicyclic amines) is 1. The Kier molecular flexibility index (Phi) is 5.96. The first kappa shape index (κ1) is 17.2. The lowest BCUT2D eigenvalue weighted by Gasteiger charge is -2.28. The highest BCUT2D eigenvalue weighted by Crippen LogP contribution is 2.32. The second kappa shape index (κ2) is 7.97. The first-order chi connectivity index (χ1) is 11.1. The molecule has 0 amide bonds. The number of morpholine rings is 1. The van der Waals surface area contributed by atoms with Crippen molar-refractivity contribution in [2.45, 2.75) is 39.0 Å². The van der Waals surface area contributed by atoms with Crippen LogP contribution in [0.3, 0.4) is 0 Å². The van der Waals surface area contributed by atoms with E-state index in [1.807, 2.05) is 0 Å². The predicted molar refractivity (Wildman–Crippen MR) is 96.0 cm³/mol. The minimum atomic E-state index is 0.291. The maximum atomic E-state index is 6.41. The third kappa shape index (κ3) is 4.47. The summed E-state index contributed by atoms with van der Waals surface area (Å²) in [5, 5.41) is 0. The second-order valence-corrected chi connectivity index (χ2v) is 7.59. The Morgan fingerprint density at radius 2 is 2.04 bits per heavy atom. The molecule has 0 aromatic heterocycles. The van der Waals surface area contributed by atoms with Crippen LogP contribution in [-0.2, 0) is 11.3 Å². The van der Waals surface area contributed by atoms with Crippen molar-refractivity contribution in [1.29, 1.82) is 0 Å². The van der Waals surface area contributed by atoms with Crippen LogP contribution in [0.2, 0.25) is 0 Å². The van der Waals surface area contributed by atoms with Gasteiger partial charge in [0.1, 0.15) is 11.9 Å². The van der Waals surface area contributed by atoms with Gasteiger partial charge in [0.25, 0.3) is 0 Å². The zero-order chi connectivity index (χ0) is 16.2. The molecule has 23 heavy (non-hydrogen) atoms. The van der Waals surface area contributed by atoms with E-state index in [1.54, 1.807) is 0 Å². The topological polar surface area (TPSA) is 24.9 Å². The number of hydrogen-bond donors (Lipinski definition) is 0. The van der Waals surface area contributed by atoms with Gasteiger partial charge < -0.3 is 9.47 Å². The smallest absolute Gasteiger partial charge is 0.138 e. The van der Waals surface area contributed by atoms with E-state index in [2.05, 4.69) is 57.8 Å². The Hall–Kier alpha value is -0.620. The van der Waals surface area contributed by atoms with Crippen LogP contribution in [0.4, 0.5) is 0 Å². The van der Waals surface area contributed by atoms with E-state index in [0.717, 1.165) is 62.6 Å². The van der Waals surface area contributed by atoms with Crippen molar-refractivity contribution < 1.29 is 9.47 Å². The summed E-state index contributed by atoms with van der Waals surface area (Å²) in [7, 11) is 0. The summed E-state index contributed by atoms with van der Waals surface area (Å²) in [6.45, 7) is 11.2. The molecule has 0 aliphatic carbocycles. The van der Waals surface area contributed by atoms with E-state index >= 15 is 0 Å². The van der Waals surface area contributed by atoms with Crippen molar-refractivity contribution in [3.8, 4) is 5.75 Å². The third-order valence-corrected chi connectivity index (χ3v) is 5.36. The first-order valence-electron chi connectivity index (χ1n) is 8.61. The van der Waals surface area contributed by atoms with Crippen LogP contribution in [0, 0.1) is 0 Å². The minimum absolute atomic E-state index is 0.291. The standard InChI is InChI=1S/C18H27BrN2O2/c1-14(2)21-7-6-16(13-21)23-18-15(4-3-5-17(18)19)12-20-8-10-22-11-9-20/h3-5,14,16H,6-13H2,1-2H3. The van der Waals surface area contributed by atoms with E-state index in [9.17, 15) is 0 Å². The Bertz CT molecular complexity index is 518. The van der Waals surface area contributed by atoms with Crippen molar-refractivity contribution in [2.75, 3.05) is 39.4 Å². The second-order valence-electron chi connectivity index (χ2n) is 6.73. The van der Waals surface area contributed by atoms with E-state index < -0.39 is 0 Å². The average molecular weight is 383 g/mol. The Morgan fingerprint density at radius 3 is 2.74 bits per heavy atom. The van der Waals surface area contributed by atoms with E-state index in [4.69, 9.17) is 9.47 Å². The first-order valence-corrected chi connectivity index (χ1v) is 9.41. The SMILES string of the molecule is CC(C)N1CCC(Oc2c(Br)cccc2CN2CCOCC2)C1. The summed E-state index contributed by atoms with van der Waals surface area (Å²) in [6.07, 6.45) is 1.40. The molecule has 1 unspecified atom stereocenters. The van der Waals surface area contributed by atoms with Gasteiger partial charge in [0, 0.05) is 44.3 Å². The lowest BCUT2D eigenvalue weighted by molar-refractivity contribution is 0.0336. The normalized spacial score (nSPS) is 23.6. The molecule has 0 radical (unpaired) electrons. The van der Waals surface area contributed by atoms with Crippen LogP contribution in [0.5, 0.6) is 5.75 Å². The summed E-state index contributed by atoms with van der Waals surface area (Å²) >= 11 is 3.68. The molecule has 0 bridgehead atoms. The fourth-order valence-electron chi connectivity index (χ4n) is 3.30. The quantitative estimate of drug-likeness (QED) is 0.780. The van der Waals surface area contributed by atoms with Crippen LogP contribution < -0.4 is 4.74 Å². The summed E-state index contributed by atoms with van der Waals surface area (Å²) in [5.74, 6) is 1.02. The average Bonchev–Trinajstić information content (AvgIpc) is 3.01.